The van der Waals surface area contributed by atoms with Gasteiger partial charge in [-0.2, -0.15) is 4.31 Å². The van der Waals surface area contributed by atoms with Gasteiger partial charge >= 0.3 is 0 Å². The molecule has 3 aromatic rings. The lowest BCUT2D eigenvalue weighted by atomic mass is 10.1. The average molecular weight is 370 g/mol. The lowest BCUT2D eigenvalue weighted by Crippen LogP contribution is -2.43. The molecule has 0 bridgehead atoms. The van der Waals surface area contributed by atoms with Gasteiger partial charge in [0.25, 0.3) is 0 Å². The van der Waals surface area contributed by atoms with Crippen LogP contribution >= 0.6 is 0 Å². The molecule has 0 unspecified atom stereocenters. The van der Waals surface area contributed by atoms with E-state index in [1.54, 1.807) is 28.8 Å². The molecule has 1 aliphatic heterocycles. The van der Waals surface area contributed by atoms with Gasteiger partial charge in [-0.3, -0.25) is 0 Å². The Bertz CT molecular complexity index is 1040. The number of nitrogens with one attached hydrogen (secondary N) is 1. The SMILES string of the molecule is CC[C@H]1CN(C)c2ccccc2CN1S(=O)(=O)c1c[nH]c2ncccc12. The van der Waals surface area contributed by atoms with Crippen LogP contribution < -0.4 is 4.90 Å². The van der Waals surface area contributed by atoms with E-state index in [4.69, 9.17) is 0 Å². The largest absolute Gasteiger partial charge is 0.373 e. The molecule has 0 radical (unpaired) electrons. The Balaban J connectivity index is 1.84. The summed E-state index contributed by atoms with van der Waals surface area (Å²) in [6, 6.07) is 11.5. The van der Waals surface area contributed by atoms with E-state index in [2.05, 4.69) is 14.9 Å². The molecule has 0 saturated carbocycles. The number of benzene rings is 1. The number of nitrogens with zero attached hydrogens (tertiary/aromatic N) is 3. The van der Waals surface area contributed by atoms with Crippen LogP contribution in [0.25, 0.3) is 11.0 Å². The summed E-state index contributed by atoms with van der Waals surface area (Å²) in [4.78, 5) is 9.64. The Hall–Kier alpha value is -2.38. The first-order valence-electron chi connectivity index (χ1n) is 8.75. The molecule has 3 heterocycles. The number of para-hydroxylation sites is 1. The van der Waals surface area contributed by atoms with E-state index in [1.807, 2.05) is 38.2 Å². The second-order valence-electron chi connectivity index (χ2n) is 6.67. The predicted molar refractivity (Wildman–Crippen MR) is 103 cm³/mol. The first-order valence-corrected chi connectivity index (χ1v) is 10.2. The van der Waals surface area contributed by atoms with Crippen molar-refractivity contribution < 1.29 is 8.42 Å². The molecule has 1 aliphatic rings. The number of anilines is 1. The average Bonchev–Trinajstić information content (AvgIpc) is 3.03. The molecule has 1 aromatic carbocycles. The van der Waals surface area contributed by atoms with Crippen LogP contribution in [0, 0.1) is 0 Å². The Morgan fingerprint density at radius 2 is 2.04 bits per heavy atom. The molecule has 2 aromatic heterocycles. The fourth-order valence-electron chi connectivity index (χ4n) is 3.70. The van der Waals surface area contributed by atoms with Crippen molar-refractivity contribution in [1.29, 1.82) is 0 Å². The number of likely N-dealkylation sites (N-methyl/N-ethyl adjacent to an activating group) is 1. The second-order valence-corrected chi connectivity index (χ2v) is 8.53. The third-order valence-corrected chi connectivity index (χ3v) is 7.03. The Morgan fingerprint density at radius 1 is 1.23 bits per heavy atom. The van der Waals surface area contributed by atoms with Crippen molar-refractivity contribution in [2.75, 3.05) is 18.5 Å². The normalized spacial score (nSPS) is 18.7. The molecule has 0 saturated heterocycles. The highest BCUT2D eigenvalue weighted by Gasteiger charge is 2.35. The van der Waals surface area contributed by atoms with Crippen LogP contribution in [0.15, 0.2) is 53.7 Å². The number of H-pyrrole nitrogens is 1. The summed E-state index contributed by atoms with van der Waals surface area (Å²) in [6.07, 6.45) is 3.96. The molecular formula is C19H22N4O2S. The molecule has 7 heteroatoms. The maximum Gasteiger partial charge on any atom is 0.245 e. The minimum absolute atomic E-state index is 0.0981. The highest BCUT2D eigenvalue weighted by atomic mass is 32.2. The molecule has 0 spiro atoms. The zero-order valence-electron chi connectivity index (χ0n) is 14.9. The maximum absolute atomic E-state index is 13.6. The number of hydrogen-bond acceptors (Lipinski definition) is 4. The third-order valence-electron chi connectivity index (χ3n) is 5.09. The quantitative estimate of drug-likeness (QED) is 0.769. The summed E-state index contributed by atoms with van der Waals surface area (Å²) in [7, 11) is -1.64. The van der Waals surface area contributed by atoms with Crippen LogP contribution in [-0.4, -0.2) is 42.3 Å². The predicted octanol–water partition coefficient (Wildman–Crippen LogP) is 2.98. The van der Waals surface area contributed by atoms with Gasteiger partial charge in [0.15, 0.2) is 0 Å². The van der Waals surface area contributed by atoms with Crippen LogP contribution in [0.3, 0.4) is 0 Å². The van der Waals surface area contributed by atoms with Gasteiger partial charge in [-0.1, -0.05) is 25.1 Å². The number of fused-ring (bicyclic) bond motifs is 2. The topological polar surface area (TPSA) is 69.3 Å². The molecule has 1 N–H and O–H groups in total. The van der Waals surface area contributed by atoms with Gasteiger partial charge in [0.05, 0.1) is 0 Å². The monoisotopic (exact) mass is 370 g/mol. The Labute approximate surface area is 153 Å². The van der Waals surface area contributed by atoms with E-state index in [0.29, 0.717) is 29.0 Å². The number of sulfonamides is 1. The molecule has 136 valence electrons. The first kappa shape index (κ1) is 17.1. The van der Waals surface area contributed by atoms with Crippen LogP contribution in [-0.2, 0) is 16.6 Å². The van der Waals surface area contributed by atoms with E-state index < -0.39 is 10.0 Å². The van der Waals surface area contributed by atoms with Crippen LogP contribution in [0.1, 0.15) is 18.9 Å². The van der Waals surface area contributed by atoms with Gasteiger partial charge in [0, 0.05) is 49.6 Å². The van der Waals surface area contributed by atoms with Crippen molar-refractivity contribution in [2.45, 2.75) is 30.8 Å². The number of aromatic nitrogens is 2. The number of hydrogen-bond donors (Lipinski definition) is 1. The van der Waals surface area contributed by atoms with Crippen LogP contribution in [0.5, 0.6) is 0 Å². The van der Waals surface area contributed by atoms with E-state index >= 15 is 0 Å². The maximum atomic E-state index is 13.6. The first-order chi connectivity index (χ1) is 12.5. The van der Waals surface area contributed by atoms with Crippen molar-refractivity contribution in [2.24, 2.45) is 0 Å². The summed E-state index contributed by atoms with van der Waals surface area (Å²) in [5.41, 5.74) is 2.70. The molecule has 1 atom stereocenters. The molecule has 0 fully saturated rings. The molecular weight excluding hydrogens is 348 g/mol. The summed E-state index contributed by atoms with van der Waals surface area (Å²) >= 11 is 0. The highest BCUT2D eigenvalue weighted by Crippen LogP contribution is 2.33. The summed E-state index contributed by atoms with van der Waals surface area (Å²) in [5.74, 6) is 0. The minimum atomic E-state index is -3.66. The van der Waals surface area contributed by atoms with Gasteiger partial charge in [-0.15, -0.1) is 0 Å². The molecule has 4 rings (SSSR count). The number of aromatic amines is 1. The van der Waals surface area contributed by atoms with Crippen LogP contribution in [0.2, 0.25) is 0 Å². The zero-order chi connectivity index (χ0) is 18.3. The molecule has 0 aliphatic carbocycles. The molecule has 6 nitrogen and oxygen atoms in total. The van der Waals surface area contributed by atoms with E-state index in [1.165, 1.54) is 0 Å². The van der Waals surface area contributed by atoms with Gasteiger partial charge in [-0.05, 0) is 30.2 Å². The van der Waals surface area contributed by atoms with Crippen molar-refractivity contribution in [1.82, 2.24) is 14.3 Å². The fraction of sp³-hybridized carbons (Fsp3) is 0.316. The van der Waals surface area contributed by atoms with Crippen LogP contribution in [0.4, 0.5) is 5.69 Å². The number of rotatable bonds is 3. The van der Waals surface area contributed by atoms with Gasteiger partial charge in [0.1, 0.15) is 10.5 Å². The third kappa shape index (κ3) is 2.68. The van der Waals surface area contributed by atoms with Crippen molar-refractivity contribution in [3.63, 3.8) is 0 Å². The summed E-state index contributed by atoms with van der Waals surface area (Å²) < 4.78 is 28.8. The Morgan fingerprint density at radius 3 is 2.85 bits per heavy atom. The molecule has 26 heavy (non-hydrogen) atoms. The van der Waals surface area contributed by atoms with Crippen molar-refractivity contribution >= 4 is 26.7 Å². The molecule has 0 amide bonds. The minimum Gasteiger partial charge on any atom is -0.373 e. The second kappa shape index (κ2) is 6.41. The van der Waals surface area contributed by atoms with Crippen molar-refractivity contribution in [3.05, 3.63) is 54.4 Å². The standard InChI is InChI=1S/C19H22N4O2S/c1-3-15-13-22(2)17-9-5-4-7-14(17)12-23(15)26(24,25)18-11-21-19-16(18)8-6-10-20-19/h4-11,15H,3,12-13H2,1-2H3,(H,20,21)/t15-/m0/s1. The van der Waals surface area contributed by atoms with Gasteiger partial charge in [0.2, 0.25) is 10.0 Å². The fourth-order valence-corrected chi connectivity index (χ4v) is 5.52. The van der Waals surface area contributed by atoms with Crippen molar-refractivity contribution in [3.8, 4) is 0 Å². The summed E-state index contributed by atoms with van der Waals surface area (Å²) in [6.45, 7) is 3.06. The smallest absolute Gasteiger partial charge is 0.245 e. The van der Waals surface area contributed by atoms with Gasteiger partial charge < -0.3 is 9.88 Å². The lowest BCUT2D eigenvalue weighted by molar-refractivity contribution is 0.315. The highest BCUT2D eigenvalue weighted by molar-refractivity contribution is 7.89. The zero-order valence-corrected chi connectivity index (χ0v) is 15.7. The summed E-state index contributed by atoms with van der Waals surface area (Å²) in [5, 5.41) is 0.633. The number of pyridine rings is 1. The Kier molecular flexibility index (Phi) is 4.20. The lowest BCUT2D eigenvalue weighted by Gasteiger charge is -2.29. The van der Waals surface area contributed by atoms with E-state index in [-0.39, 0.29) is 6.04 Å². The van der Waals surface area contributed by atoms with E-state index in [9.17, 15) is 8.42 Å². The van der Waals surface area contributed by atoms with Gasteiger partial charge in [-0.25, -0.2) is 13.4 Å². The van der Waals surface area contributed by atoms with E-state index in [0.717, 1.165) is 17.7 Å².